The van der Waals surface area contributed by atoms with E-state index >= 15 is 0 Å². The fraction of sp³-hybridized carbons (Fsp3) is 0.333. The van der Waals surface area contributed by atoms with Crippen LogP contribution in [0.2, 0.25) is 0 Å². The second-order valence-electron chi connectivity index (χ2n) is 2.93. The summed E-state index contributed by atoms with van der Waals surface area (Å²) in [6.07, 6.45) is 1.88. The highest BCUT2D eigenvalue weighted by Gasteiger charge is 2.07. The summed E-state index contributed by atoms with van der Waals surface area (Å²) in [6.45, 7) is 2.20. The first-order chi connectivity index (χ1) is 7.33. The van der Waals surface area contributed by atoms with Crippen molar-refractivity contribution in [2.75, 3.05) is 20.3 Å². The molecule has 0 saturated heterocycles. The molecule has 0 aromatic heterocycles. The van der Waals surface area contributed by atoms with Gasteiger partial charge in [0.1, 0.15) is 18.1 Å². The highest BCUT2D eigenvalue weighted by atomic mass is 16.5. The number of para-hydroxylation sites is 1. The Balaban J connectivity index is 2.95. The number of hydrogen-bond acceptors (Lipinski definition) is 3. The second-order valence-corrected chi connectivity index (χ2v) is 2.93. The number of rotatable bonds is 5. The number of allylic oxidation sites excluding steroid dienone is 1. The van der Waals surface area contributed by atoms with Crippen LogP contribution in [-0.2, 0) is 4.74 Å². The van der Waals surface area contributed by atoms with Crippen LogP contribution in [0.5, 0.6) is 5.75 Å². The fourth-order valence-electron chi connectivity index (χ4n) is 1.33. The van der Waals surface area contributed by atoms with E-state index in [1.54, 1.807) is 7.11 Å². The van der Waals surface area contributed by atoms with Crippen molar-refractivity contribution < 1.29 is 14.6 Å². The summed E-state index contributed by atoms with van der Waals surface area (Å²) in [5.74, 6) is 1.49. The maximum Gasteiger partial charge on any atom is 0.130 e. The minimum atomic E-state index is 0.00644. The van der Waals surface area contributed by atoms with E-state index in [0.717, 1.165) is 17.1 Å². The van der Waals surface area contributed by atoms with E-state index in [1.165, 1.54) is 0 Å². The minimum Gasteiger partial charge on any atom is -0.496 e. The summed E-state index contributed by atoms with van der Waals surface area (Å²) in [6, 6.07) is 7.59. The lowest BCUT2D eigenvalue weighted by Gasteiger charge is -2.12. The lowest BCUT2D eigenvalue weighted by Crippen LogP contribution is -2.03. The Kier molecular flexibility index (Phi) is 4.71. The zero-order valence-corrected chi connectivity index (χ0v) is 9.06. The zero-order valence-electron chi connectivity index (χ0n) is 9.06. The van der Waals surface area contributed by atoms with Crippen LogP contribution in [0.4, 0.5) is 0 Å². The van der Waals surface area contributed by atoms with Crippen molar-refractivity contribution in [2.45, 2.75) is 6.92 Å². The van der Waals surface area contributed by atoms with Gasteiger partial charge >= 0.3 is 0 Å². The monoisotopic (exact) mass is 208 g/mol. The predicted octanol–water partition coefficient (Wildman–Crippen LogP) is 2.06. The molecule has 3 heteroatoms. The quantitative estimate of drug-likeness (QED) is 0.753. The molecule has 0 bridgehead atoms. The molecule has 0 aliphatic rings. The molecule has 0 aliphatic heterocycles. The number of ether oxygens (including phenoxy) is 2. The van der Waals surface area contributed by atoms with E-state index in [9.17, 15) is 0 Å². The molecule has 82 valence electrons. The van der Waals surface area contributed by atoms with Crippen molar-refractivity contribution >= 4 is 5.76 Å². The summed E-state index contributed by atoms with van der Waals surface area (Å²) in [7, 11) is 1.62. The van der Waals surface area contributed by atoms with Gasteiger partial charge in [0.05, 0.1) is 19.3 Å². The molecule has 0 aliphatic carbocycles. The Morgan fingerprint density at radius 3 is 2.73 bits per heavy atom. The first-order valence-electron chi connectivity index (χ1n) is 4.86. The summed E-state index contributed by atoms with van der Waals surface area (Å²) in [4.78, 5) is 0. The predicted molar refractivity (Wildman–Crippen MR) is 59.7 cm³/mol. The number of benzene rings is 1. The molecule has 0 atom stereocenters. The van der Waals surface area contributed by atoms with E-state index < -0.39 is 0 Å². The molecule has 1 aromatic carbocycles. The SMILES string of the molecule is C/C=C(/OC)c1ccccc1OCCO. The minimum absolute atomic E-state index is 0.00644. The molecule has 0 radical (unpaired) electrons. The number of hydrogen-bond donors (Lipinski definition) is 1. The molecule has 0 amide bonds. The molecule has 0 heterocycles. The van der Waals surface area contributed by atoms with Gasteiger partial charge in [0, 0.05) is 0 Å². The Hall–Kier alpha value is -1.48. The third kappa shape index (κ3) is 2.99. The van der Waals surface area contributed by atoms with Crippen molar-refractivity contribution in [1.29, 1.82) is 0 Å². The summed E-state index contributed by atoms with van der Waals surface area (Å²) in [5.41, 5.74) is 0.899. The molecule has 0 spiro atoms. The van der Waals surface area contributed by atoms with Crippen molar-refractivity contribution in [2.24, 2.45) is 0 Å². The van der Waals surface area contributed by atoms with Crippen molar-refractivity contribution in [1.82, 2.24) is 0 Å². The molecule has 15 heavy (non-hydrogen) atoms. The van der Waals surface area contributed by atoms with Crippen LogP contribution in [0.15, 0.2) is 30.3 Å². The van der Waals surface area contributed by atoms with E-state index in [-0.39, 0.29) is 13.2 Å². The topological polar surface area (TPSA) is 38.7 Å². The van der Waals surface area contributed by atoms with Gasteiger partial charge < -0.3 is 14.6 Å². The molecule has 1 aromatic rings. The van der Waals surface area contributed by atoms with Crippen LogP contribution < -0.4 is 4.74 Å². The summed E-state index contributed by atoms with van der Waals surface area (Å²) < 4.78 is 10.6. The molecule has 3 nitrogen and oxygen atoms in total. The van der Waals surface area contributed by atoms with Crippen LogP contribution in [0, 0.1) is 0 Å². The van der Waals surface area contributed by atoms with Crippen LogP contribution in [0.1, 0.15) is 12.5 Å². The molecular formula is C12H16O3. The number of methoxy groups -OCH3 is 1. The molecular weight excluding hydrogens is 192 g/mol. The average molecular weight is 208 g/mol. The first-order valence-corrected chi connectivity index (χ1v) is 4.86. The Bertz CT molecular complexity index is 331. The normalized spacial score (nSPS) is 11.3. The van der Waals surface area contributed by atoms with Crippen molar-refractivity contribution in [3.8, 4) is 5.75 Å². The van der Waals surface area contributed by atoms with Gasteiger partial charge in [0.2, 0.25) is 0 Å². The molecule has 1 N–H and O–H groups in total. The van der Waals surface area contributed by atoms with Gasteiger partial charge in [0.25, 0.3) is 0 Å². The van der Waals surface area contributed by atoms with Crippen LogP contribution in [-0.4, -0.2) is 25.4 Å². The van der Waals surface area contributed by atoms with Gasteiger partial charge in [-0.3, -0.25) is 0 Å². The van der Waals surface area contributed by atoms with E-state index in [2.05, 4.69) is 0 Å². The van der Waals surface area contributed by atoms with Crippen molar-refractivity contribution in [3.63, 3.8) is 0 Å². The Morgan fingerprint density at radius 1 is 1.40 bits per heavy atom. The van der Waals surface area contributed by atoms with Crippen LogP contribution in [0.25, 0.3) is 5.76 Å². The standard InChI is InChI=1S/C12H16O3/c1-3-11(14-2)10-6-4-5-7-12(10)15-9-8-13/h3-7,13H,8-9H2,1-2H3/b11-3+. The van der Waals surface area contributed by atoms with E-state index in [0.29, 0.717) is 0 Å². The first kappa shape index (κ1) is 11.6. The van der Waals surface area contributed by atoms with Crippen LogP contribution in [0.3, 0.4) is 0 Å². The molecule has 0 unspecified atom stereocenters. The highest BCUT2D eigenvalue weighted by molar-refractivity contribution is 5.65. The maximum atomic E-state index is 8.70. The molecule has 0 saturated carbocycles. The van der Waals surface area contributed by atoms with Gasteiger partial charge in [-0.05, 0) is 25.1 Å². The number of aliphatic hydroxyl groups excluding tert-OH is 1. The zero-order chi connectivity index (χ0) is 11.1. The smallest absolute Gasteiger partial charge is 0.130 e. The van der Waals surface area contributed by atoms with Crippen molar-refractivity contribution in [3.05, 3.63) is 35.9 Å². The lowest BCUT2D eigenvalue weighted by molar-refractivity contribution is 0.200. The fourth-order valence-corrected chi connectivity index (χ4v) is 1.33. The van der Waals surface area contributed by atoms with Gasteiger partial charge in [-0.15, -0.1) is 0 Å². The van der Waals surface area contributed by atoms with E-state index in [1.807, 2.05) is 37.3 Å². The summed E-state index contributed by atoms with van der Waals surface area (Å²) >= 11 is 0. The van der Waals surface area contributed by atoms with Gasteiger partial charge in [0.15, 0.2) is 0 Å². The summed E-state index contributed by atoms with van der Waals surface area (Å²) in [5, 5.41) is 8.70. The van der Waals surface area contributed by atoms with Gasteiger partial charge in [-0.25, -0.2) is 0 Å². The third-order valence-corrected chi connectivity index (χ3v) is 1.98. The van der Waals surface area contributed by atoms with Gasteiger partial charge in [-0.1, -0.05) is 12.1 Å². The highest BCUT2D eigenvalue weighted by Crippen LogP contribution is 2.26. The third-order valence-electron chi connectivity index (χ3n) is 1.98. The van der Waals surface area contributed by atoms with Crippen LogP contribution >= 0.6 is 0 Å². The molecule has 0 fully saturated rings. The Morgan fingerprint density at radius 2 is 2.13 bits per heavy atom. The number of aliphatic hydroxyl groups is 1. The molecule has 1 rings (SSSR count). The lowest BCUT2D eigenvalue weighted by atomic mass is 10.1. The maximum absolute atomic E-state index is 8.70. The average Bonchev–Trinajstić information content (AvgIpc) is 2.29. The van der Waals surface area contributed by atoms with Gasteiger partial charge in [-0.2, -0.15) is 0 Å². The largest absolute Gasteiger partial charge is 0.496 e. The second kappa shape index (κ2) is 6.09. The van der Waals surface area contributed by atoms with E-state index in [4.69, 9.17) is 14.6 Å². The Labute approximate surface area is 90.0 Å².